The molecule has 0 bridgehead atoms. The van der Waals surface area contributed by atoms with Crippen molar-refractivity contribution < 1.29 is 0 Å². The Kier molecular flexibility index (Phi) is 5.69. The highest BCUT2D eigenvalue weighted by Gasteiger charge is 2.12. The third-order valence-electron chi connectivity index (χ3n) is 3.96. The predicted molar refractivity (Wildman–Crippen MR) is 113 cm³/mol. The highest BCUT2D eigenvalue weighted by Crippen LogP contribution is 2.31. The van der Waals surface area contributed by atoms with Gasteiger partial charge < -0.3 is 10.2 Å². The van der Waals surface area contributed by atoms with Crippen molar-refractivity contribution in [2.45, 2.75) is 0 Å². The smallest absolute Gasteiger partial charge is 0.0463 e. The van der Waals surface area contributed by atoms with Crippen LogP contribution in [0.4, 0.5) is 22.7 Å². The van der Waals surface area contributed by atoms with E-state index in [1.54, 1.807) is 6.08 Å². The first-order valence-electron chi connectivity index (χ1n) is 8.54. The number of hydrogen-bond acceptors (Lipinski definition) is 2. The average Bonchev–Trinajstić information content (AvgIpc) is 2.70. The second-order valence-electron chi connectivity index (χ2n) is 5.74. The van der Waals surface area contributed by atoms with Crippen molar-refractivity contribution in [2.75, 3.05) is 10.2 Å². The molecule has 3 aromatic rings. The zero-order chi connectivity index (χ0) is 18.2. The quantitative estimate of drug-likeness (QED) is 0.475. The van der Waals surface area contributed by atoms with E-state index in [1.165, 1.54) is 0 Å². The minimum Gasteiger partial charge on any atom is -0.356 e. The molecule has 0 aliphatic rings. The van der Waals surface area contributed by atoms with E-state index in [-0.39, 0.29) is 0 Å². The normalized spacial score (nSPS) is 10.8. The van der Waals surface area contributed by atoms with Crippen molar-refractivity contribution in [2.24, 2.45) is 0 Å². The van der Waals surface area contributed by atoms with Crippen LogP contribution in [0.5, 0.6) is 0 Å². The minimum absolute atomic E-state index is 0.968. The molecular formula is C24H22N2. The van der Waals surface area contributed by atoms with Gasteiger partial charge in [-0.15, -0.1) is 0 Å². The molecule has 128 valence electrons. The van der Waals surface area contributed by atoms with Gasteiger partial charge >= 0.3 is 0 Å². The molecule has 0 heterocycles. The molecule has 3 aromatic carbocycles. The third kappa shape index (κ3) is 4.11. The molecule has 26 heavy (non-hydrogen) atoms. The summed E-state index contributed by atoms with van der Waals surface area (Å²) in [5, 5.41) is 3.41. The molecule has 0 aromatic heterocycles. The van der Waals surface area contributed by atoms with Gasteiger partial charge in [-0.05, 0) is 60.7 Å². The van der Waals surface area contributed by atoms with E-state index < -0.39 is 0 Å². The highest BCUT2D eigenvalue weighted by molar-refractivity contribution is 5.72. The van der Waals surface area contributed by atoms with E-state index in [9.17, 15) is 0 Å². The Hall–Kier alpha value is -3.52. The number of benzene rings is 3. The molecule has 0 saturated carbocycles. The molecule has 2 nitrogen and oxygen atoms in total. The van der Waals surface area contributed by atoms with Gasteiger partial charge in [0.15, 0.2) is 0 Å². The number of nitrogens with zero attached hydrogens (tertiary/aromatic N) is 1. The lowest BCUT2D eigenvalue weighted by molar-refractivity contribution is 1.21. The number of hydrogen-bond donors (Lipinski definition) is 1. The fourth-order valence-electron chi connectivity index (χ4n) is 2.76. The summed E-state index contributed by atoms with van der Waals surface area (Å²) in [5.74, 6) is 0. The van der Waals surface area contributed by atoms with Crippen LogP contribution < -0.4 is 10.2 Å². The van der Waals surface area contributed by atoms with Crippen LogP contribution in [0.1, 0.15) is 0 Å². The molecule has 0 aliphatic carbocycles. The van der Waals surface area contributed by atoms with E-state index in [0.717, 1.165) is 28.4 Å². The Morgan fingerprint density at radius 1 is 0.692 bits per heavy atom. The fraction of sp³-hybridized carbons (Fsp3) is 0. The molecule has 0 aliphatic heterocycles. The van der Waals surface area contributed by atoms with E-state index in [0.29, 0.717) is 0 Å². The van der Waals surface area contributed by atoms with Crippen molar-refractivity contribution in [3.63, 3.8) is 0 Å². The summed E-state index contributed by atoms with van der Waals surface area (Å²) in [4.78, 5) is 2.15. The van der Waals surface area contributed by atoms with Crippen molar-refractivity contribution >= 4 is 22.7 Å². The van der Waals surface area contributed by atoms with Gasteiger partial charge in [-0.25, -0.2) is 0 Å². The van der Waals surface area contributed by atoms with Crippen LogP contribution in [0.25, 0.3) is 0 Å². The molecule has 0 fully saturated rings. The summed E-state index contributed by atoms with van der Waals surface area (Å²) in [6, 6.07) is 28.7. The topological polar surface area (TPSA) is 15.3 Å². The van der Waals surface area contributed by atoms with Gasteiger partial charge in [0.05, 0.1) is 0 Å². The largest absolute Gasteiger partial charge is 0.356 e. The van der Waals surface area contributed by atoms with Gasteiger partial charge in [0.25, 0.3) is 0 Å². The van der Waals surface area contributed by atoms with Gasteiger partial charge in [-0.1, -0.05) is 55.6 Å². The maximum absolute atomic E-state index is 3.95. The monoisotopic (exact) mass is 338 g/mol. The van der Waals surface area contributed by atoms with Crippen LogP contribution in [0.15, 0.2) is 122 Å². The molecule has 0 saturated heterocycles. The Morgan fingerprint density at radius 3 is 1.81 bits per heavy atom. The zero-order valence-corrected chi connectivity index (χ0v) is 14.7. The number of anilines is 4. The third-order valence-corrected chi connectivity index (χ3v) is 3.96. The van der Waals surface area contributed by atoms with E-state index in [1.807, 2.05) is 60.7 Å². The number of nitrogens with one attached hydrogen (secondary N) is 1. The SMILES string of the molecule is C=C/C=C(\C=C)N(c1ccccc1)c1ccc(Nc2ccccc2)cc1. The second kappa shape index (κ2) is 8.54. The number of para-hydroxylation sites is 2. The first-order valence-corrected chi connectivity index (χ1v) is 8.54. The summed E-state index contributed by atoms with van der Waals surface area (Å²) >= 11 is 0. The Balaban J connectivity index is 1.93. The lowest BCUT2D eigenvalue weighted by Crippen LogP contribution is -2.14. The lowest BCUT2D eigenvalue weighted by Gasteiger charge is -2.26. The summed E-state index contributed by atoms with van der Waals surface area (Å²) in [7, 11) is 0. The number of rotatable bonds is 7. The molecule has 3 rings (SSSR count). The summed E-state index contributed by atoms with van der Waals surface area (Å²) in [5.41, 5.74) is 5.21. The van der Waals surface area contributed by atoms with Gasteiger partial charge in [0, 0.05) is 28.4 Å². The van der Waals surface area contributed by atoms with Crippen LogP contribution in [-0.4, -0.2) is 0 Å². The molecule has 0 radical (unpaired) electrons. The molecule has 0 amide bonds. The highest BCUT2D eigenvalue weighted by atomic mass is 15.1. The maximum atomic E-state index is 3.95. The average molecular weight is 338 g/mol. The van der Waals surface area contributed by atoms with Crippen LogP contribution >= 0.6 is 0 Å². The van der Waals surface area contributed by atoms with Crippen LogP contribution in [0.2, 0.25) is 0 Å². The molecule has 0 atom stereocenters. The van der Waals surface area contributed by atoms with Gasteiger partial charge in [-0.3, -0.25) is 0 Å². The van der Waals surface area contributed by atoms with Crippen LogP contribution in [0.3, 0.4) is 0 Å². The van der Waals surface area contributed by atoms with Gasteiger partial charge in [-0.2, -0.15) is 0 Å². The second-order valence-corrected chi connectivity index (χ2v) is 5.74. The lowest BCUT2D eigenvalue weighted by atomic mass is 10.2. The van der Waals surface area contributed by atoms with Gasteiger partial charge in [0.2, 0.25) is 0 Å². The van der Waals surface area contributed by atoms with Crippen molar-refractivity contribution in [3.05, 3.63) is 122 Å². The predicted octanol–water partition coefficient (Wildman–Crippen LogP) is 6.82. The maximum Gasteiger partial charge on any atom is 0.0463 e. The van der Waals surface area contributed by atoms with Crippen LogP contribution in [0, 0.1) is 0 Å². The standard InChI is InChI=1S/C24H22N2/c1-3-11-22(4-2)26(23-14-9-6-10-15-23)24-18-16-21(17-19-24)25-20-12-7-5-8-13-20/h3-19,25H,1-2H2/b22-11+. The molecule has 0 spiro atoms. The van der Waals surface area contributed by atoms with Crippen molar-refractivity contribution in [1.29, 1.82) is 0 Å². The van der Waals surface area contributed by atoms with Crippen molar-refractivity contribution in [1.82, 2.24) is 0 Å². The van der Waals surface area contributed by atoms with Gasteiger partial charge in [0.1, 0.15) is 0 Å². The summed E-state index contributed by atoms with van der Waals surface area (Å²) < 4.78 is 0. The van der Waals surface area contributed by atoms with E-state index in [2.05, 4.69) is 59.8 Å². The van der Waals surface area contributed by atoms with E-state index in [4.69, 9.17) is 0 Å². The van der Waals surface area contributed by atoms with Crippen molar-refractivity contribution in [3.8, 4) is 0 Å². The summed E-state index contributed by atoms with van der Waals surface area (Å²) in [6.07, 6.45) is 5.57. The molecule has 2 heteroatoms. The first-order chi connectivity index (χ1) is 12.8. The first kappa shape index (κ1) is 17.3. The van der Waals surface area contributed by atoms with Crippen LogP contribution in [-0.2, 0) is 0 Å². The fourth-order valence-corrected chi connectivity index (χ4v) is 2.76. The summed E-state index contributed by atoms with van der Waals surface area (Å²) in [6.45, 7) is 7.77. The minimum atomic E-state index is 0.968. The zero-order valence-electron chi connectivity index (χ0n) is 14.7. The molecule has 1 N–H and O–H groups in total. The Bertz CT molecular complexity index is 879. The van der Waals surface area contributed by atoms with E-state index >= 15 is 0 Å². The Morgan fingerprint density at radius 2 is 1.23 bits per heavy atom. The number of allylic oxidation sites excluding steroid dienone is 3. The Labute approximate surface area is 155 Å². The molecular weight excluding hydrogens is 316 g/mol. The molecule has 0 unspecified atom stereocenters.